The van der Waals surface area contributed by atoms with Gasteiger partial charge in [0.1, 0.15) is 0 Å². The topological polar surface area (TPSA) is 0 Å². The van der Waals surface area contributed by atoms with E-state index in [9.17, 15) is 0 Å². The van der Waals surface area contributed by atoms with Crippen molar-refractivity contribution in [3.63, 3.8) is 0 Å². The van der Waals surface area contributed by atoms with Crippen molar-refractivity contribution in [2.24, 2.45) is 0 Å². The zero-order valence-corrected chi connectivity index (χ0v) is 9.98. The van der Waals surface area contributed by atoms with E-state index in [1.165, 1.54) is 25.7 Å². The maximum Gasteiger partial charge on any atom is -0.0470 e. The van der Waals surface area contributed by atoms with Gasteiger partial charge in [-0.2, -0.15) is 0 Å². The van der Waals surface area contributed by atoms with E-state index < -0.39 is 0 Å². The van der Waals surface area contributed by atoms with Crippen LogP contribution in [0.2, 0.25) is 0 Å². The fourth-order valence-corrected chi connectivity index (χ4v) is 0. The van der Waals surface area contributed by atoms with Gasteiger partial charge in [0.05, 0.1) is 0 Å². The molecule has 0 bridgehead atoms. The minimum atomic E-state index is 0. The van der Waals surface area contributed by atoms with E-state index in [0.717, 1.165) is 0 Å². The summed E-state index contributed by atoms with van der Waals surface area (Å²) in [4.78, 5) is 0. The summed E-state index contributed by atoms with van der Waals surface area (Å²) in [5.74, 6) is 0. The number of hydrogen-bond acceptors (Lipinski definition) is 0. The minimum Gasteiger partial charge on any atom is -0.0919 e. The fraction of sp³-hybridized carbons (Fsp3) is 0.846. The Morgan fingerprint density at radius 3 is 0.769 bits per heavy atom. The SMILES string of the molecule is C.CC=CC.CCCC.CCCC. The third-order valence-electron chi connectivity index (χ3n) is 1.33. The molecule has 0 aromatic heterocycles. The van der Waals surface area contributed by atoms with Crippen LogP contribution in [-0.2, 0) is 0 Å². The van der Waals surface area contributed by atoms with Crippen LogP contribution in [0, 0.1) is 0 Å². The van der Waals surface area contributed by atoms with E-state index >= 15 is 0 Å². The Hall–Kier alpha value is -0.260. The first kappa shape index (κ1) is 23.0. The number of rotatable bonds is 2. The summed E-state index contributed by atoms with van der Waals surface area (Å²) >= 11 is 0. The zero-order chi connectivity index (χ0) is 10.2. The van der Waals surface area contributed by atoms with Crippen LogP contribution in [0.25, 0.3) is 0 Å². The predicted octanol–water partition coefficient (Wildman–Crippen LogP) is 5.83. The summed E-state index contributed by atoms with van der Waals surface area (Å²) < 4.78 is 0. The highest BCUT2D eigenvalue weighted by atomic mass is 13.6. The first-order chi connectivity index (χ1) is 5.74. The lowest BCUT2D eigenvalue weighted by Gasteiger charge is -1.68. The summed E-state index contributed by atoms with van der Waals surface area (Å²) in [6.45, 7) is 12.7. The smallest absolute Gasteiger partial charge is 0.0470 e. The van der Waals surface area contributed by atoms with E-state index in [4.69, 9.17) is 0 Å². The normalized spacial score (nSPS) is 7.54. The number of hydrogen-bond donors (Lipinski definition) is 0. The quantitative estimate of drug-likeness (QED) is 0.478. The Morgan fingerprint density at radius 1 is 0.615 bits per heavy atom. The van der Waals surface area contributed by atoms with Gasteiger partial charge < -0.3 is 0 Å². The van der Waals surface area contributed by atoms with Crippen LogP contribution >= 0.6 is 0 Å². The van der Waals surface area contributed by atoms with E-state index in [1.807, 2.05) is 26.0 Å². The average Bonchev–Trinajstić information content (AvgIpc) is 2.18. The summed E-state index contributed by atoms with van der Waals surface area (Å²) in [6.07, 6.45) is 9.28. The van der Waals surface area contributed by atoms with Crippen LogP contribution in [0.1, 0.15) is 74.7 Å². The van der Waals surface area contributed by atoms with E-state index in [2.05, 4.69) is 27.7 Å². The lowest BCUT2D eigenvalue weighted by atomic mass is 10.4. The molecular formula is C13H32. The first-order valence-electron chi connectivity index (χ1n) is 5.32. The molecule has 13 heavy (non-hydrogen) atoms. The van der Waals surface area contributed by atoms with Gasteiger partial charge in [-0.05, 0) is 13.8 Å². The van der Waals surface area contributed by atoms with Crippen molar-refractivity contribution in [3.8, 4) is 0 Å². The molecule has 0 aliphatic carbocycles. The standard InChI is InChI=1S/2C4H10.C4H8.CH4/c3*1-3-4-2;/h2*3-4H2,1-2H3;3-4H,1-2H3;1H4. The monoisotopic (exact) mass is 188 g/mol. The maximum atomic E-state index is 2.18. The molecule has 0 nitrogen and oxygen atoms in total. The molecule has 0 N–H and O–H groups in total. The molecule has 0 spiro atoms. The molecule has 84 valence electrons. The molecule has 0 amide bonds. The van der Waals surface area contributed by atoms with Crippen LogP contribution in [0.3, 0.4) is 0 Å². The van der Waals surface area contributed by atoms with E-state index in [0.29, 0.717) is 0 Å². The molecule has 0 saturated carbocycles. The lowest BCUT2D eigenvalue weighted by molar-refractivity contribution is 0.886. The Bertz CT molecular complexity index is 41.1. The van der Waals surface area contributed by atoms with Gasteiger partial charge in [0, 0.05) is 0 Å². The average molecular weight is 188 g/mol. The van der Waals surface area contributed by atoms with Gasteiger partial charge in [-0.25, -0.2) is 0 Å². The largest absolute Gasteiger partial charge is 0.0919 e. The van der Waals surface area contributed by atoms with Crippen molar-refractivity contribution in [3.05, 3.63) is 12.2 Å². The summed E-state index contributed by atoms with van der Waals surface area (Å²) in [5, 5.41) is 0. The van der Waals surface area contributed by atoms with Gasteiger partial charge in [0.15, 0.2) is 0 Å². The third-order valence-corrected chi connectivity index (χ3v) is 1.33. The second-order valence-corrected chi connectivity index (χ2v) is 2.67. The highest BCUT2D eigenvalue weighted by Crippen LogP contribution is 1.77. The summed E-state index contributed by atoms with van der Waals surface area (Å²) in [7, 11) is 0. The molecule has 0 radical (unpaired) electrons. The molecular weight excluding hydrogens is 156 g/mol. The third kappa shape index (κ3) is 148. The number of unbranched alkanes of at least 4 members (excludes halogenated alkanes) is 2. The molecule has 0 unspecified atom stereocenters. The van der Waals surface area contributed by atoms with Crippen LogP contribution in [0.15, 0.2) is 12.2 Å². The van der Waals surface area contributed by atoms with Crippen LogP contribution < -0.4 is 0 Å². The van der Waals surface area contributed by atoms with Gasteiger partial charge in [-0.15, -0.1) is 0 Å². The molecule has 0 heteroatoms. The maximum absolute atomic E-state index is 2.18. The Balaban J connectivity index is -0.0000000450. The van der Waals surface area contributed by atoms with Gasteiger partial charge in [0.2, 0.25) is 0 Å². The Labute approximate surface area is 87.4 Å². The summed E-state index contributed by atoms with van der Waals surface area (Å²) in [5.41, 5.74) is 0. The number of allylic oxidation sites excluding steroid dienone is 2. The molecule has 0 aliphatic rings. The zero-order valence-electron chi connectivity index (χ0n) is 9.98. The van der Waals surface area contributed by atoms with Gasteiger partial charge >= 0.3 is 0 Å². The Kier molecular flexibility index (Phi) is 72.7. The molecule has 0 fully saturated rings. The van der Waals surface area contributed by atoms with Gasteiger partial charge in [0.25, 0.3) is 0 Å². The highest BCUT2D eigenvalue weighted by molar-refractivity contribution is 4.68. The van der Waals surface area contributed by atoms with Crippen LogP contribution in [0.4, 0.5) is 0 Å². The Morgan fingerprint density at radius 2 is 0.769 bits per heavy atom. The molecule has 0 rings (SSSR count). The molecule has 0 atom stereocenters. The highest BCUT2D eigenvalue weighted by Gasteiger charge is 1.56. The second-order valence-electron chi connectivity index (χ2n) is 2.67. The van der Waals surface area contributed by atoms with Crippen molar-refractivity contribution >= 4 is 0 Å². The molecule has 0 aromatic rings. The van der Waals surface area contributed by atoms with Gasteiger partial charge in [-0.3, -0.25) is 0 Å². The van der Waals surface area contributed by atoms with Gasteiger partial charge in [-0.1, -0.05) is 73.0 Å². The molecule has 0 saturated heterocycles. The predicted molar refractivity (Wildman–Crippen MR) is 68.4 cm³/mol. The van der Waals surface area contributed by atoms with Crippen molar-refractivity contribution in [1.29, 1.82) is 0 Å². The van der Waals surface area contributed by atoms with Crippen molar-refractivity contribution in [1.82, 2.24) is 0 Å². The van der Waals surface area contributed by atoms with Crippen molar-refractivity contribution < 1.29 is 0 Å². The molecule has 0 heterocycles. The fourth-order valence-electron chi connectivity index (χ4n) is 0. The first-order valence-corrected chi connectivity index (χ1v) is 5.32. The molecule has 0 aliphatic heterocycles. The lowest BCUT2D eigenvalue weighted by Crippen LogP contribution is -1.47. The van der Waals surface area contributed by atoms with Crippen molar-refractivity contribution in [2.45, 2.75) is 74.7 Å². The second kappa shape index (κ2) is 41.1. The van der Waals surface area contributed by atoms with Crippen LogP contribution in [-0.4, -0.2) is 0 Å². The minimum absolute atomic E-state index is 0. The van der Waals surface area contributed by atoms with E-state index in [1.54, 1.807) is 0 Å². The van der Waals surface area contributed by atoms with Crippen LogP contribution in [0.5, 0.6) is 0 Å². The molecule has 0 aromatic carbocycles. The van der Waals surface area contributed by atoms with E-state index in [-0.39, 0.29) is 7.43 Å². The summed E-state index contributed by atoms with van der Waals surface area (Å²) in [6, 6.07) is 0. The van der Waals surface area contributed by atoms with Crippen molar-refractivity contribution in [2.75, 3.05) is 0 Å².